The lowest BCUT2D eigenvalue weighted by Gasteiger charge is -2.18. The SMILES string of the molecule is Cc1cc(C)cc(C(NN)c2ccc(OC3CC3)cc2)c1. The predicted octanol–water partition coefficient (Wildman–Crippen LogP) is 3.40. The van der Waals surface area contributed by atoms with E-state index in [0.717, 1.165) is 11.3 Å². The fourth-order valence-corrected chi connectivity index (χ4v) is 2.68. The van der Waals surface area contributed by atoms with E-state index >= 15 is 0 Å². The van der Waals surface area contributed by atoms with Gasteiger partial charge in [-0.25, -0.2) is 5.43 Å². The van der Waals surface area contributed by atoms with Crippen molar-refractivity contribution in [2.45, 2.75) is 38.8 Å². The summed E-state index contributed by atoms with van der Waals surface area (Å²) in [6.45, 7) is 4.22. The van der Waals surface area contributed by atoms with Gasteiger partial charge in [-0.2, -0.15) is 0 Å². The van der Waals surface area contributed by atoms with Gasteiger partial charge in [-0.1, -0.05) is 41.5 Å². The summed E-state index contributed by atoms with van der Waals surface area (Å²) in [6.07, 6.45) is 2.79. The molecule has 0 saturated heterocycles. The Morgan fingerprint density at radius 2 is 1.62 bits per heavy atom. The fourth-order valence-electron chi connectivity index (χ4n) is 2.68. The van der Waals surface area contributed by atoms with Crippen LogP contribution in [-0.4, -0.2) is 6.10 Å². The minimum Gasteiger partial charge on any atom is -0.490 e. The Bertz CT molecular complexity index is 597. The number of rotatable bonds is 5. The van der Waals surface area contributed by atoms with Gasteiger partial charge >= 0.3 is 0 Å². The minimum atomic E-state index is -0.00132. The van der Waals surface area contributed by atoms with Crippen LogP contribution in [0.2, 0.25) is 0 Å². The monoisotopic (exact) mass is 282 g/mol. The van der Waals surface area contributed by atoms with Crippen molar-refractivity contribution in [2.24, 2.45) is 5.84 Å². The number of hydrogen-bond acceptors (Lipinski definition) is 3. The molecule has 1 atom stereocenters. The van der Waals surface area contributed by atoms with Gasteiger partial charge < -0.3 is 4.74 Å². The number of aryl methyl sites for hydroxylation is 2. The second kappa shape index (κ2) is 5.88. The maximum atomic E-state index is 5.79. The van der Waals surface area contributed by atoms with Crippen molar-refractivity contribution >= 4 is 0 Å². The highest BCUT2D eigenvalue weighted by Crippen LogP contribution is 2.29. The molecule has 2 aromatic carbocycles. The van der Waals surface area contributed by atoms with Crippen molar-refractivity contribution in [3.8, 4) is 5.75 Å². The standard InChI is InChI=1S/C18H22N2O/c1-12-9-13(2)11-15(10-12)18(20-19)14-3-5-16(6-4-14)21-17-7-8-17/h3-6,9-11,17-18,20H,7-8,19H2,1-2H3. The van der Waals surface area contributed by atoms with Gasteiger partial charge in [0.05, 0.1) is 12.1 Å². The second-order valence-corrected chi connectivity index (χ2v) is 5.91. The molecule has 1 aliphatic carbocycles. The Morgan fingerprint density at radius 3 is 2.14 bits per heavy atom. The first-order chi connectivity index (χ1) is 10.2. The average Bonchev–Trinajstić information content (AvgIpc) is 3.24. The Morgan fingerprint density at radius 1 is 1.00 bits per heavy atom. The molecule has 1 aliphatic rings. The third kappa shape index (κ3) is 3.43. The highest BCUT2D eigenvalue weighted by Gasteiger charge is 2.23. The lowest BCUT2D eigenvalue weighted by atomic mass is 9.96. The van der Waals surface area contributed by atoms with E-state index in [4.69, 9.17) is 10.6 Å². The van der Waals surface area contributed by atoms with E-state index < -0.39 is 0 Å². The molecule has 1 unspecified atom stereocenters. The highest BCUT2D eigenvalue weighted by atomic mass is 16.5. The van der Waals surface area contributed by atoms with Crippen molar-refractivity contribution in [3.05, 3.63) is 64.7 Å². The molecule has 0 amide bonds. The van der Waals surface area contributed by atoms with Crippen LogP contribution in [-0.2, 0) is 0 Å². The third-order valence-corrected chi connectivity index (χ3v) is 3.78. The molecule has 0 aliphatic heterocycles. The van der Waals surface area contributed by atoms with Gasteiger partial charge in [0.2, 0.25) is 0 Å². The van der Waals surface area contributed by atoms with E-state index in [-0.39, 0.29) is 6.04 Å². The van der Waals surface area contributed by atoms with Crippen LogP contribution in [0.1, 0.15) is 41.1 Å². The van der Waals surface area contributed by atoms with E-state index in [2.05, 4.69) is 49.6 Å². The first-order valence-corrected chi connectivity index (χ1v) is 7.46. The highest BCUT2D eigenvalue weighted by molar-refractivity contribution is 5.38. The maximum absolute atomic E-state index is 5.79. The molecule has 0 spiro atoms. The van der Waals surface area contributed by atoms with Crippen LogP contribution in [0.15, 0.2) is 42.5 Å². The van der Waals surface area contributed by atoms with Gasteiger partial charge in [0.1, 0.15) is 5.75 Å². The second-order valence-electron chi connectivity index (χ2n) is 5.91. The molecular weight excluding hydrogens is 260 g/mol. The zero-order chi connectivity index (χ0) is 14.8. The van der Waals surface area contributed by atoms with Crippen molar-refractivity contribution in [1.82, 2.24) is 5.43 Å². The molecule has 1 saturated carbocycles. The summed E-state index contributed by atoms with van der Waals surface area (Å²) in [5.74, 6) is 6.73. The topological polar surface area (TPSA) is 47.3 Å². The van der Waals surface area contributed by atoms with Crippen LogP contribution in [0.4, 0.5) is 0 Å². The summed E-state index contributed by atoms with van der Waals surface area (Å²) in [6, 6.07) is 14.7. The Kier molecular flexibility index (Phi) is 3.95. The van der Waals surface area contributed by atoms with Crippen molar-refractivity contribution in [2.75, 3.05) is 0 Å². The van der Waals surface area contributed by atoms with E-state index in [9.17, 15) is 0 Å². The van der Waals surface area contributed by atoms with E-state index in [1.807, 2.05) is 12.1 Å². The van der Waals surface area contributed by atoms with E-state index in [0.29, 0.717) is 6.10 Å². The fraction of sp³-hybridized carbons (Fsp3) is 0.333. The molecular formula is C18H22N2O. The molecule has 3 rings (SSSR count). The normalized spacial score (nSPS) is 15.8. The number of benzene rings is 2. The molecule has 3 heteroatoms. The van der Waals surface area contributed by atoms with Gasteiger partial charge in [-0.15, -0.1) is 0 Å². The Labute approximate surface area is 126 Å². The number of nitrogens with one attached hydrogen (secondary N) is 1. The summed E-state index contributed by atoms with van der Waals surface area (Å²) < 4.78 is 5.79. The maximum Gasteiger partial charge on any atom is 0.119 e. The lowest BCUT2D eigenvalue weighted by molar-refractivity contribution is 0.303. The van der Waals surface area contributed by atoms with E-state index in [1.54, 1.807) is 0 Å². The smallest absolute Gasteiger partial charge is 0.119 e. The number of ether oxygens (including phenoxy) is 1. The Hall–Kier alpha value is -1.84. The van der Waals surface area contributed by atoms with Crippen molar-refractivity contribution < 1.29 is 4.74 Å². The summed E-state index contributed by atoms with van der Waals surface area (Å²) in [7, 11) is 0. The summed E-state index contributed by atoms with van der Waals surface area (Å²) in [4.78, 5) is 0. The molecule has 0 heterocycles. The summed E-state index contributed by atoms with van der Waals surface area (Å²) in [5.41, 5.74) is 7.75. The van der Waals surface area contributed by atoms with Crippen LogP contribution in [0.5, 0.6) is 5.75 Å². The zero-order valence-electron chi connectivity index (χ0n) is 12.6. The third-order valence-electron chi connectivity index (χ3n) is 3.78. The van der Waals surface area contributed by atoms with Crippen LogP contribution >= 0.6 is 0 Å². The molecule has 2 aromatic rings. The minimum absolute atomic E-state index is 0.00132. The zero-order valence-corrected chi connectivity index (χ0v) is 12.6. The average molecular weight is 282 g/mol. The van der Waals surface area contributed by atoms with Crippen LogP contribution in [0, 0.1) is 13.8 Å². The van der Waals surface area contributed by atoms with Crippen molar-refractivity contribution in [1.29, 1.82) is 0 Å². The first-order valence-electron chi connectivity index (χ1n) is 7.46. The summed E-state index contributed by atoms with van der Waals surface area (Å²) >= 11 is 0. The molecule has 21 heavy (non-hydrogen) atoms. The predicted molar refractivity (Wildman–Crippen MR) is 85.2 cm³/mol. The lowest BCUT2D eigenvalue weighted by Crippen LogP contribution is -2.28. The quantitative estimate of drug-likeness (QED) is 0.652. The van der Waals surface area contributed by atoms with Crippen LogP contribution in [0.3, 0.4) is 0 Å². The number of hydrazine groups is 1. The van der Waals surface area contributed by atoms with Gasteiger partial charge in [0, 0.05) is 0 Å². The van der Waals surface area contributed by atoms with E-state index in [1.165, 1.54) is 29.5 Å². The molecule has 0 bridgehead atoms. The van der Waals surface area contributed by atoms with Gasteiger partial charge in [-0.3, -0.25) is 5.84 Å². The van der Waals surface area contributed by atoms with Crippen LogP contribution < -0.4 is 16.0 Å². The molecule has 1 fully saturated rings. The molecule has 0 aromatic heterocycles. The van der Waals surface area contributed by atoms with Crippen LogP contribution in [0.25, 0.3) is 0 Å². The van der Waals surface area contributed by atoms with Gasteiger partial charge in [0.25, 0.3) is 0 Å². The molecule has 3 N–H and O–H groups in total. The largest absolute Gasteiger partial charge is 0.490 e. The number of hydrogen-bond donors (Lipinski definition) is 2. The summed E-state index contributed by atoms with van der Waals surface area (Å²) in [5, 5.41) is 0. The number of nitrogens with two attached hydrogens (primary N) is 1. The van der Waals surface area contributed by atoms with Crippen molar-refractivity contribution in [3.63, 3.8) is 0 Å². The molecule has 3 nitrogen and oxygen atoms in total. The Balaban J connectivity index is 1.84. The molecule has 110 valence electrons. The molecule has 0 radical (unpaired) electrons. The first kappa shape index (κ1) is 14.1. The van der Waals surface area contributed by atoms with Gasteiger partial charge in [0.15, 0.2) is 0 Å². The van der Waals surface area contributed by atoms with Gasteiger partial charge in [-0.05, 0) is 49.9 Å².